The predicted molar refractivity (Wildman–Crippen MR) is 84.0 cm³/mol. The number of nitrogen functional groups attached to an aromatic ring is 1. The minimum Gasteiger partial charge on any atom is -0.374 e. The number of hydrogen-bond donors (Lipinski definition) is 1. The highest BCUT2D eigenvalue weighted by molar-refractivity contribution is 7.23. The number of nitrogens with zero attached hydrogens (tertiary/aromatic N) is 4. The van der Waals surface area contributed by atoms with Crippen LogP contribution in [0.25, 0.3) is 9.88 Å². The smallest absolute Gasteiger partial charge is 0.203 e. The summed E-state index contributed by atoms with van der Waals surface area (Å²) in [6, 6.07) is 0.714. The lowest BCUT2D eigenvalue weighted by atomic mass is 10.0. The third kappa shape index (κ3) is 3.16. The van der Waals surface area contributed by atoms with Gasteiger partial charge >= 0.3 is 0 Å². The van der Waals surface area contributed by atoms with Crippen molar-refractivity contribution in [2.45, 2.75) is 38.6 Å². The number of aromatic nitrogens is 3. The third-order valence-electron chi connectivity index (χ3n) is 3.76. The normalized spacial score (nSPS) is 20.4. The second kappa shape index (κ2) is 6.15. The van der Waals surface area contributed by atoms with Crippen LogP contribution in [-0.4, -0.2) is 39.2 Å². The van der Waals surface area contributed by atoms with Crippen LogP contribution in [0.2, 0.25) is 0 Å². The van der Waals surface area contributed by atoms with Crippen LogP contribution in [0.15, 0.2) is 6.20 Å². The molecule has 2 N–H and O–H groups in total. The molecule has 1 aliphatic heterocycles. The molecular weight excluding hydrogens is 290 g/mol. The zero-order valence-corrected chi connectivity index (χ0v) is 13.2. The molecule has 2 aromatic heterocycles. The molecule has 3 rings (SSSR count). The van der Waals surface area contributed by atoms with E-state index in [1.54, 1.807) is 11.3 Å². The highest BCUT2D eigenvalue weighted by Gasteiger charge is 2.18. The van der Waals surface area contributed by atoms with Crippen molar-refractivity contribution in [2.75, 3.05) is 18.8 Å². The summed E-state index contributed by atoms with van der Waals surface area (Å²) in [6.45, 7) is 4.66. The monoisotopic (exact) mass is 309 g/mol. The van der Waals surface area contributed by atoms with Gasteiger partial charge in [-0.15, -0.1) is 21.5 Å². The quantitative estimate of drug-likeness (QED) is 0.940. The fraction of sp³-hybridized carbons (Fsp3) is 0.615. The van der Waals surface area contributed by atoms with Crippen LogP contribution in [0.3, 0.4) is 0 Å². The van der Waals surface area contributed by atoms with Crippen molar-refractivity contribution in [1.29, 1.82) is 0 Å². The standard InChI is InChI=1S/C13H19N5S2/c1-9-4-2-3-6-18(9)7-5-11-15-8-10(19-11)12-16-17-13(14)20-12/h8-9H,2-7H2,1H3,(H2,14,17). The zero-order chi connectivity index (χ0) is 13.9. The van der Waals surface area contributed by atoms with Gasteiger partial charge in [0, 0.05) is 25.2 Å². The summed E-state index contributed by atoms with van der Waals surface area (Å²) >= 11 is 3.12. The van der Waals surface area contributed by atoms with E-state index in [0.29, 0.717) is 11.2 Å². The molecule has 3 heterocycles. The van der Waals surface area contributed by atoms with Crippen LogP contribution in [0.4, 0.5) is 5.13 Å². The number of piperidine rings is 1. The lowest BCUT2D eigenvalue weighted by Crippen LogP contribution is -2.38. The highest BCUT2D eigenvalue weighted by Crippen LogP contribution is 2.30. The summed E-state index contributed by atoms with van der Waals surface area (Å²) in [4.78, 5) is 8.15. The Morgan fingerprint density at radius 1 is 1.35 bits per heavy atom. The SMILES string of the molecule is CC1CCCCN1CCc1ncc(-c2nnc(N)s2)s1. The number of hydrogen-bond acceptors (Lipinski definition) is 7. The van der Waals surface area contributed by atoms with E-state index < -0.39 is 0 Å². The van der Waals surface area contributed by atoms with Gasteiger partial charge in [0.05, 0.1) is 9.88 Å². The molecule has 0 aliphatic carbocycles. The molecule has 1 saturated heterocycles. The van der Waals surface area contributed by atoms with Crippen LogP contribution in [-0.2, 0) is 6.42 Å². The average molecular weight is 309 g/mol. The van der Waals surface area contributed by atoms with E-state index in [-0.39, 0.29) is 0 Å². The van der Waals surface area contributed by atoms with Crippen LogP contribution < -0.4 is 5.73 Å². The molecule has 20 heavy (non-hydrogen) atoms. The summed E-state index contributed by atoms with van der Waals surface area (Å²) < 4.78 is 0. The van der Waals surface area contributed by atoms with Crippen molar-refractivity contribution in [2.24, 2.45) is 0 Å². The van der Waals surface area contributed by atoms with Gasteiger partial charge in [0.1, 0.15) is 0 Å². The summed E-state index contributed by atoms with van der Waals surface area (Å²) in [5.74, 6) is 0. The van der Waals surface area contributed by atoms with Gasteiger partial charge in [0.15, 0.2) is 5.01 Å². The molecule has 1 atom stereocenters. The van der Waals surface area contributed by atoms with E-state index in [0.717, 1.165) is 22.9 Å². The van der Waals surface area contributed by atoms with Gasteiger partial charge in [-0.1, -0.05) is 17.8 Å². The molecule has 1 aliphatic rings. The Morgan fingerprint density at radius 3 is 3.00 bits per heavy atom. The molecule has 0 bridgehead atoms. The first-order valence-corrected chi connectivity index (χ1v) is 8.64. The minimum absolute atomic E-state index is 0.511. The molecule has 7 heteroatoms. The molecule has 1 fully saturated rings. The van der Waals surface area contributed by atoms with Gasteiger partial charge in [0.2, 0.25) is 5.13 Å². The van der Waals surface area contributed by atoms with Crippen LogP contribution in [0.5, 0.6) is 0 Å². The molecule has 108 valence electrons. The maximum atomic E-state index is 5.62. The Labute approximate surface area is 126 Å². The topological polar surface area (TPSA) is 67.9 Å². The van der Waals surface area contributed by atoms with Crippen LogP contribution >= 0.6 is 22.7 Å². The van der Waals surface area contributed by atoms with E-state index in [1.165, 1.54) is 42.2 Å². The molecule has 0 saturated carbocycles. The molecule has 1 unspecified atom stereocenters. The Morgan fingerprint density at radius 2 is 2.25 bits per heavy atom. The largest absolute Gasteiger partial charge is 0.374 e. The van der Waals surface area contributed by atoms with Crippen molar-refractivity contribution in [3.8, 4) is 9.88 Å². The van der Waals surface area contributed by atoms with Crippen molar-refractivity contribution in [1.82, 2.24) is 20.1 Å². The summed E-state index contributed by atoms with van der Waals surface area (Å²) in [5.41, 5.74) is 5.62. The van der Waals surface area contributed by atoms with Crippen molar-refractivity contribution in [3.05, 3.63) is 11.2 Å². The minimum atomic E-state index is 0.511. The van der Waals surface area contributed by atoms with Crippen molar-refractivity contribution in [3.63, 3.8) is 0 Å². The van der Waals surface area contributed by atoms with Gasteiger partial charge in [-0.3, -0.25) is 0 Å². The van der Waals surface area contributed by atoms with Gasteiger partial charge in [-0.2, -0.15) is 0 Å². The fourth-order valence-corrected chi connectivity index (χ4v) is 4.14. The summed E-state index contributed by atoms with van der Waals surface area (Å²) in [7, 11) is 0. The number of anilines is 1. The lowest BCUT2D eigenvalue weighted by molar-refractivity contribution is 0.163. The molecule has 0 amide bonds. The molecule has 5 nitrogen and oxygen atoms in total. The number of rotatable bonds is 4. The van der Waals surface area contributed by atoms with Crippen molar-refractivity contribution < 1.29 is 0 Å². The van der Waals surface area contributed by atoms with E-state index in [2.05, 4.69) is 27.0 Å². The van der Waals surface area contributed by atoms with Crippen LogP contribution in [0, 0.1) is 0 Å². The maximum absolute atomic E-state index is 5.62. The summed E-state index contributed by atoms with van der Waals surface area (Å²) in [5, 5.41) is 10.5. The molecule has 0 aromatic carbocycles. The third-order valence-corrected chi connectivity index (χ3v) is 5.74. The summed E-state index contributed by atoms with van der Waals surface area (Å²) in [6.07, 6.45) is 6.94. The van der Waals surface area contributed by atoms with Gasteiger partial charge < -0.3 is 10.6 Å². The number of thiazole rings is 1. The van der Waals surface area contributed by atoms with E-state index in [1.807, 2.05) is 6.20 Å². The first kappa shape index (κ1) is 13.9. The molecule has 0 radical (unpaired) electrons. The average Bonchev–Trinajstić information content (AvgIpc) is 3.06. The first-order valence-electron chi connectivity index (χ1n) is 7.00. The van der Waals surface area contributed by atoms with Gasteiger partial charge in [-0.05, 0) is 26.3 Å². The lowest BCUT2D eigenvalue weighted by Gasteiger charge is -2.32. The molecule has 2 aromatic rings. The fourth-order valence-electron chi connectivity index (χ4n) is 2.59. The van der Waals surface area contributed by atoms with E-state index in [9.17, 15) is 0 Å². The predicted octanol–water partition coefficient (Wildman–Crippen LogP) is 2.66. The van der Waals surface area contributed by atoms with Crippen LogP contribution in [0.1, 0.15) is 31.2 Å². The van der Waals surface area contributed by atoms with E-state index in [4.69, 9.17) is 5.73 Å². The second-order valence-corrected chi connectivity index (χ2v) is 7.32. The Kier molecular flexibility index (Phi) is 4.28. The zero-order valence-electron chi connectivity index (χ0n) is 11.6. The number of likely N-dealkylation sites (tertiary alicyclic amines) is 1. The highest BCUT2D eigenvalue weighted by atomic mass is 32.1. The Balaban J connectivity index is 1.60. The molecule has 0 spiro atoms. The van der Waals surface area contributed by atoms with Crippen molar-refractivity contribution >= 4 is 27.8 Å². The molecular formula is C13H19N5S2. The maximum Gasteiger partial charge on any atom is 0.203 e. The first-order chi connectivity index (χ1) is 9.72. The second-order valence-electron chi connectivity index (χ2n) is 5.19. The van der Waals surface area contributed by atoms with Gasteiger partial charge in [0.25, 0.3) is 0 Å². The Bertz CT molecular complexity index is 565. The Hall–Kier alpha value is -1.05. The van der Waals surface area contributed by atoms with Gasteiger partial charge in [-0.25, -0.2) is 4.98 Å². The number of nitrogens with two attached hydrogens (primary N) is 1. The van der Waals surface area contributed by atoms with E-state index >= 15 is 0 Å².